The number of carbonyl (C=O) groups excluding carboxylic acids is 1. The molecule has 1 rings (SSSR count). The van der Waals surface area contributed by atoms with E-state index in [-0.39, 0.29) is 5.97 Å². The Kier molecular flexibility index (Phi) is 3.66. The number of thiophene rings is 1. The lowest BCUT2D eigenvalue weighted by Crippen LogP contribution is -2.19. The van der Waals surface area contributed by atoms with Crippen LogP contribution in [0.3, 0.4) is 0 Å². The first-order chi connectivity index (χ1) is 6.56. The summed E-state index contributed by atoms with van der Waals surface area (Å²) in [5, 5.41) is 9.81. The lowest BCUT2D eigenvalue weighted by atomic mass is 10.0. The Morgan fingerprint density at radius 3 is 2.64 bits per heavy atom. The maximum atomic E-state index is 11.2. The van der Waals surface area contributed by atoms with Gasteiger partial charge in [0.1, 0.15) is 6.10 Å². The maximum Gasteiger partial charge on any atom is 0.311 e. The van der Waals surface area contributed by atoms with Gasteiger partial charge in [0.2, 0.25) is 0 Å². The fourth-order valence-electron chi connectivity index (χ4n) is 1.17. The van der Waals surface area contributed by atoms with E-state index in [1.165, 1.54) is 18.4 Å². The number of rotatable bonds is 3. The molecule has 78 valence electrons. The topological polar surface area (TPSA) is 46.5 Å². The van der Waals surface area contributed by atoms with Crippen LogP contribution in [0.1, 0.15) is 22.8 Å². The molecule has 0 radical (unpaired) electrons. The highest BCUT2D eigenvalue weighted by Gasteiger charge is 2.24. The molecule has 0 saturated carbocycles. The molecule has 1 N–H and O–H groups in total. The van der Waals surface area contributed by atoms with E-state index in [9.17, 15) is 9.90 Å². The molecule has 0 spiro atoms. The van der Waals surface area contributed by atoms with Crippen LogP contribution in [0.2, 0.25) is 0 Å². The molecule has 1 aromatic heterocycles. The van der Waals surface area contributed by atoms with Gasteiger partial charge in [-0.15, -0.1) is 11.3 Å². The van der Waals surface area contributed by atoms with Crippen molar-refractivity contribution in [1.29, 1.82) is 0 Å². The number of aliphatic hydroxyl groups excluding tert-OH is 1. The largest absolute Gasteiger partial charge is 0.469 e. The molecule has 0 saturated heterocycles. The van der Waals surface area contributed by atoms with Gasteiger partial charge in [-0.25, -0.2) is 0 Å². The maximum absolute atomic E-state index is 11.2. The van der Waals surface area contributed by atoms with Crippen molar-refractivity contribution in [2.75, 3.05) is 7.11 Å². The van der Waals surface area contributed by atoms with Crippen LogP contribution < -0.4 is 0 Å². The Labute approximate surface area is 87.3 Å². The van der Waals surface area contributed by atoms with Crippen molar-refractivity contribution in [2.24, 2.45) is 5.92 Å². The molecular formula is C10H14O3S. The fraction of sp³-hybridized carbons (Fsp3) is 0.500. The van der Waals surface area contributed by atoms with E-state index in [4.69, 9.17) is 0 Å². The Hall–Kier alpha value is -0.870. The summed E-state index contributed by atoms with van der Waals surface area (Å²) in [4.78, 5) is 13.1. The summed E-state index contributed by atoms with van der Waals surface area (Å²) < 4.78 is 4.57. The van der Waals surface area contributed by atoms with Crippen LogP contribution in [-0.4, -0.2) is 18.2 Å². The highest BCUT2D eigenvalue weighted by Crippen LogP contribution is 2.28. The number of carbonyl (C=O) groups is 1. The van der Waals surface area contributed by atoms with E-state index in [0.717, 1.165) is 9.75 Å². The standard InChI is InChI=1S/C10H14O3S/c1-6-4-5-8(14-6)9(11)7(2)10(12)13-3/h4-5,7,9,11H,1-3H3. The Balaban J connectivity index is 2.74. The molecule has 4 heteroatoms. The molecule has 0 aliphatic rings. The third-order valence-electron chi connectivity index (χ3n) is 2.10. The van der Waals surface area contributed by atoms with Crippen LogP contribution in [-0.2, 0) is 9.53 Å². The first-order valence-electron chi connectivity index (χ1n) is 4.38. The predicted molar refractivity (Wildman–Crippen MR) is 55.2 cm³/mol. The fourth-order valence-corrected chi connectivity index (χ4v) is 2.14. The number of ether oxygens (including phenoxy) is 1. The molecule has 2 unspecified atom stereocenters. The summed E-state index contributed by atoms with van der Waals surface area (Å²) in [6.45, 7) is 3.62. The molecule has 1 heterocycles. The summed E-state index contributed by atoms with van der Waals surface area (Å²) in [5.74, 6) is -0.901. The number of esters is 1. The summed E-state index contributed by atoms with van der Waals surface area (Å²) in [6, 6.07) is 3.76. The van der Waals surface area contributed by atoms with Crippen molar-refractivity contribution in [3.05, 3.63) is 21.9 Å². The van der Waals surface area contributed by atoms with E-state index >= 15 is 0 Å². The summed E-state index contributed by atoms with van der Waals surface area (Å²) >= 11 is 1.49. The average molecular weight is 214 g/mol. The van der Waals surface area contributed by atoms with Gasteiger partial charge in [-0.05, 0) is 26.0 Å². The van der Waals surface area contributed by atoms with E-state index in [1.807, 2.05) is 19.1 Å². The quantitative estimate of drug-likeness (QED) is 0.782. The Bertz CT molecular complexity index is 319. The molecule has 2 atom stereocenters. The molecule has 1 aromatic rings. The van der Waals surface area contributed by atoms with E-state index < -0.39 is 12.0 Å². The minimum Gasteiger partial charge on any atom is -0.469 e. The third kappa shape index (κ3) is 2.33. The summed E-state index contributed by atoms with van der Waals surface area (Å²) in [5.41, 5.74) is 0. The smallest absolute Gasteiger partial charge is 0.311 e. The molecule has 0 amide bonds. The third-order valence-corrected chi connectivity index (χ3v) is 3.17. The van der Waals surface area contributed by atoms with Gasteiger partial charge in [-0.3, -0.25) is 4.79 Å². The van der Waals surface area contributed by atoms with Crippen molar-refractivity contribution in [1.82, 2.24) is 0 Å². The van der Waals surface area contributed by atoms with Gasteiger partial charge >= 0.3 is 5.97 Å². The number of hydrogen-bond acceptors (Lipinski definition) is 4. The van der Waals surface area contributed by atoms with Crippen molar-refractivity contribution in [3.8, 4) is 0 Å². The van der Waals surface area contributed by atoms with Gasteiger partial charge in [0, 0.05) is 9.75 Å². The molecule has 0 aliphatic carbocycles. The van der Waals surface area contributed by atoms with Crippen LogP contribution in [0.25, 0.3) is 0 Å². The minimum absolute atomic E-state index is 0.386. The van der Waals surface area contributed by atoms with Crippen LogP contribution in [0.15, 0.2) is 12.1 Å². The first kappa shape index (κ1) is 11.2. The molecule has 0 bridgehead atoms. The summed E-state index contributed by atoms with van der Waals surface area (Å²) in [7, 11) is 1.32. The molecule has 14 heavy (non-hydrogen) atoms. The highest BCUT2D eigenvalue weighted by molar-refractivity contribution is 7.12. The molecular weight excluding hydrogens is 200 g/mol. The van der Waals surface area contributed by atoms with Crippen molar-refractivity contribution in [2.45, 2.75) is 20.0 Å². The normalized spacial score (nSPS) is 14.9. The van der Waals surface area contributed by atoms with Crippen LogP contribution in [0.4, 0.5) is 0 Å². The first-order valence-corrected chi connectivity index (χ1v) is 5.20. The van der Waals surface area contributed by atoms with Gasteiger partial charge in [0.15, 0.2) is 0 Å². The zero-order chi connectivity index (χ0) is 10.7. The van der Waals surface area contributed by atoms with Crippen LogP contribution in [0, 0.1) is 12.8 Å². The van der Waals surface area contributed by atoms with E-state index in [1.54, 1.807) is 6.92 Å². The Morgan fingerprint density at radius 2 is 2.21 bits per heavy atom. The van der Waals surface area contributed by atoms with E-state index in [0.29, 0.717) is 0 Å². The zero-order valence-electron chi connectivity index (χ0n) is 8.48. The SMILES string of the molecule is COC(=O)C(C)C(O)c1ccc(C)s1. The van der Waals surface area contributed by atoms with Gasteiger partial charge < -0.3 is 9.84 Å². The monoisotopic (exact) mass is 214 g/mol. The summed E-state index contributed by atoms with van der Waals surface area (Å²) in [6.07, 6.45) is -0.763. The van der Waals surface area contributed by atoms with Crippen LogP contribution >= 0.6 is 11.3 Å². The van der Waals surface area contributed by atoms with E-state index in [2.05, 4.69) is 4.74 Å². The lowest BCUT2D eigenvalue weighted by Gasteiger charge is -2.14. The van der Waals surface area contributed by atoms with Gasteiger partial charge in [-0.2, -0.15) is 0 Å². The lowest BCUT2D eigenvalue weighted by molar-refractivity contribution is -0.148. The second-order valence-corrected chi connectivity index (χ2v) is 4.52. The van der Waals surface area contributed by atoms with Crippen molar-refractivity contribution < 1.29 is 14.6 Å². The second kappa shape index (κ2) is 4.57. The Morgan fingerprint density at radius 1 is 1.57 bits per heavy atom. The molecule has 0 aliphatic heterocycles. The number of hydrogen-bond donors (Lipinski definition) is 1. The van der Waals surface area contributed by atoms with Gasteiger partial charge in [0.05, 0.1) is 13.0 Å². The molecule has 3 nitrogen and oxygen atoms in total. The van der Waals surface area contributed by atoms with Gasteiger partial charge in [-0.1, -0.05) is 0 Å². The highest BCUT2D eigenvalue weighted by atomic mass is 32.1. The zero-order valence-corrected chi connectivity index (χ0v) is 9.30. The number of methoxy groups -OCH3 is 1. The second-order valence-electron chi connectivity index (χ2n) is 3.21. The van der Waals surface area contributed by atoms with Crippen molar-refractivity contribution >= 4 is 17.3 Å². The number of aliphatic hydroxyl groups is 1. The average Bonchev–Trinajstić information content (AvgIpc) is 2.61. The van der Waals surface area contributed by atoms with Crippen molar-refractivity contribution in [3.63, 3.8) is 0 Å². The van der Waals surface area contributed by atoms with Gasteiger partial charge in [0.25, 0.3) is 0 Å². The molecule has 0 aromatic carbocycles. The number of aryl methyl sites for hydroxylation is 1. The van der Waals surface area contributed by atoms with Crippen LogP contribution in [0.5, 0.6) is 0 Å². The minimum atomic E-state index is -0.763. The molecule has 0 fully saturated rings. The predicted octanol–water partition coefficient (Wildman–Crippen LogP) is 1.90.